The zero-order valence-electron chi connectivity index (χ0n) is 10.5. The van der Waals surface area contributed by atoms with Gasteiger partial charge in [-0.15, -0.1) is 0 Å². The van der Waals surface area contributed by atoms with Crippen molar-refractivity contribution in [1.29, 1.82) is 0 Å². The maximum atomic E-state index is 9.55. The Kier molecular flexibility index (Phi) is 4.39. The Labute approximate surface area is 107 Å². The largest absolute Gasteiger partial charge is 0.506 e. The first kappa shape index (κ1) is 12.7. The van der Waals surface area contributed by atoms with Crippen LogP contribution in [0.25, 0.3) is 0 Å². The van der Waals surface area contributed by atoms with Crippen molar-refractivity contribution in [3.63, 3.8) is 0 Å². The van der Waals surface area contributed by atoms with Gasteiger partial charge in [-0.3, -0.25) is 4.98 Å². The van der Waals surface area contributed by atoms with Crippen LogP contribution in [-0.4, -0.2) is 22.1 Å². The van der Waals surface area contributed by atoms with Crippen LogP contribution in [0.5, 0.6) is 5.75 Å². The zero-order chi connectivity index (χ0) is 12.8. The van der Waals surface area contributed by atoms with Gasteiger partial charge in [0.2, 0.25) is 0 Å². The molecular weight excluding hydrogens is 228 g/mol. The van der Waals surface area contributed by atoms with E-state index in [9.17, 15) is 5.11 Å². The molecule has 0 aromatic carbocycles. The third-order valence-electron chi connectivity index (χ3n) is 3.22. The highest BCUT2D eigenvalue weighted by Gasteiger charge is 2.13. The highest BCUT2D eigenvalue weighted by molar-refractivity contribution is 5.78. The Balaban J connectivity index is 1.86. The van der Waals surface area contributed by atoms with Gasteiger partial charge in [-0.1, -0.05) is 19.3 Å². The van der Waals surface area contributed by atoms with Crippen molar-refractivity contribution < 1.29 is 5.11 Å². The summed E-state index contributed by atoms with van der Waals surface area (Å²) < 4.78 is 0. The molecule has 0 spiro atoms. The number of aromatic nitrogens is 1. The molecule has 0 bridgehead atoms. The lowest BCUT2D eigenvalue weighted by molar-refractivity contribution is 0.412. The predicted octanol–water partition coefficient (Wildman–Crippen LogP) is 1.52. The molecule has 5 nitrogen and oxygen atoms in total. The highest BCUT2D eigenvalue weighted by Crippen LogP contribution is 2.17. The van der Waals surface area contributed by atoms with Gasteiger partial charge in [-0.05, 0) is 25.0 Å². The van der Waals surface area contributed by atoms with E-state index in [1.165, 1.54) is 19.3 Å². The fourth-order valence-corrected chi connectivity index (χ4v) is 2.21. The normalized spacial score (nSPS) is 17.7. The van der Waals surface area contributed by atoms with E-state index in [1.807, 2.05) is 0 Å². The molecule has 0 radical (unpaired) electrons. The van der Waals surface area contributed by atoms with Gasteiger partial charge in [0.05, 0.1) is 6.54 Å². The van der Waals surface area contributed by atoms with Crippen LogP contribution in [0.4, 0.5) is 0 Å². The molecule has 0 atom stereocenters. The van der Waals surface area contributed by atoms with Gasteiger partial charge in [0.15, 0.2) is 5.96 Å². The van der Waals surface area contributed by atoms with Crippen molar-refractivity contribution in [3.8, 4) is 5.75 Å². The van der Waals surface area contributed by atoms with Crippen LogP contribution in [-0.2, 0) is 6.54 Å². The molecule has 1 saturated carbocycles. The van der Waals surface area contributed by atoms with Crippen LogP contribution in [0.3, 0.4) is 0 Å². The Hall–Kier alpha value is -1.78. The zero-order valence-corrected chi connectivity index (χ0v) is 10.5. The summed E-state index contributed by atoms with van der Waals surface area (Å²) in [5, 5.41) is 12.8. The lowest BCUT2D eigenvalue weighted by Gasteiger charge is -2.23. The van der Waals surface area contributed by atoms with Crippen molar-refractivity contribution in [2.45, 2.75) is 44.7 Å². The maximum absolute atomic E-state index is 9.55. The maximum Gasteiger partial charge on any atom is 0.189 e. The summed E-state index contributed by atoms with van der Waals surface area (Å²) in [5.74, 6) is 0.596. The molecule has 1 aromatic heterocycles. The molecule has 98 valence electrons. The summed E-state index contributed by atoms with van der Waals surface area (Å²) in [6.45, 7) is 0.304. The van der Waals surface area contributed by atoms with Gasteiger partial charge >= 0.3 is 0 Å². The number of hydrogen-bond donors (Lipinski definition) is 3. The molecule has 18 heavy (non-hydrogen) atoms. The standard InChI is InChI=1S/C13H20N4O/c14-13(17-10-5-2-1-3-6-10)16-9-11-12(18)7-4-8-15-11/h4,7-8,10,18H,1-3,5-6,9H2,(H3,14,16,17). The van der Waals surface area contributed by atoms with E-state index < -0.39 is 0 Å². The average Bonchev–Trinajstić information content (AvgIpc) is 2.39. The summed E-state index contributed by atoms with van der Waals surface area (Å²) in [6.07, 6.45) is 7.78. The summed E-state index contributed by atoms with van der Waals surface area (Å²) in [6, 6.07) is 3.73. The lowest BCUT2D eigenvalue weighted by atomic mass is 9.96. The fourth-order valence-electron chi connectivity index (χ4n) is 2.21. The van der Waals surface area contributed by atoms with Crippen molar-refractivity contribution in [2.75, 3.05) is 0 Å². The van der Waals surface area contributed by atoms with E-state index in [0.29, 0.717) is 24.2 Å². The van der Waals surface area contributed by atoms with Gasteiger partial charge in [0.1, 0.15) is 11.4 Å². The van der Waals surface area contributed by atoms with E-state index in [-0.39, 0.29) is 5.75 Å². The van der Waals surface area contributed by atoms with E-state index >= 15 is 0 Å². The molecule has 2 rings (SSSR count). The van der Waals surface area contributed by atoms with Crippen molar-refractivity contribution in [3.05, 3.63) is 24.0 Å². The number of nitrogens with two attached hydrogens (primary N) is 1. The van der Waals surface area contributed by atoms with Crippen LogP contribution in [0.2, 0.25) is 0 Å². The molecule has 1 aliphatic rings. The summed E-state index contributed by atoms with van der Waals surface area (Å²) >= 11 is 0. The minimum atomic E-state index is 0.159. The molecule has 1 heterocycles. The van der Waals surface area contributed by atoms with E-state index in [2.05, 4.69) is 15.3 Å². The van der Waals surface area contributed by atoms with Gasteiger partial charge < -0.3 is 16.2 Å². The van der Waals surface area contributed by atoms with E-state index in [1.54, 1.807) is 18.3 Å². The molecule has 1 fully saturated rings. The minimum Gasteiger partial charge on any atom is -0.506 e. The Morgan fingerprint density at radius 3 is 2.94 bits per heavy atom. The van der Waals surface area contributed by atoms with Crippen LogP contribution in [0.1, 0.15) is 37.8 Å². The van der Waals surface area contributed by atoms with Gasteiger partial charge in [0.25, 0.3) is 0 Å². The molecule has 0 amide bonds. The Morgan fingerprint density at radius 2 is 2.22 bits per heavy atom. The second-order valence-electron chi connectivity index (χ2n) is 4.65. The highest BCUT2D eigenvalue weighted by atomic mass is 16.3. The number of pyridine rings is 1. The molecular formula is C13H20N4O. The second-order valence-corrected chi connectivity index (χ2v) is 4.65. The van der Waals surface area contributed by atoms with E-state index in [4.69, 9.17) is 5.73 Å². The van der Waals surface area contributed by atoms with Crippen LogP contribution in [0.15, 0.2) is 23.3 Å². The number of hydrogen-bond acceptors (Lipinski definition) is 3. The van der Waals surface area contributed by atoms with Crippen LogP contribution in [0, 0.1) is 0 Å². The topological polar surface area (TPSA) is 83.5 Å². The quantitative estimate of drug-likeness (QED) is 0.559. The number of aliphatic imine (C=N–C) groups is 1. The predicted molar refractivity (Wildman–Crippen MR) is 71.2 cm³/mol. The molecule has 1 aliphatic carbocycles. The fraction of sp³-hybridized carbons (Fsp3) is 0.538. The second kappa shape index (κ2) is 6.23. The number of guanidine groups is 1. The molecule has 0 unspecified atom stereocenters. The van der Waals surface area contributed by atoms with Gasteiger partial charge in [-0.25, -0.2) is 4.99 Å². The third-order valence-corrected chi connectivity index (χ3v) is 3.22. The van der Waals surface area contributed by atoms with Gasteiger partial charge in [-0.2, -0.15) is 0 Å². The molecule has 0 saturated heterocycles. The third kappa shape index (κ3) is 3.61. The van der Waals surface area contributed by atoms with Crippen LogP contribution < -0.4 is 11.1 Å². The smallest absolute Gasteiger partial charge is 0.189 e. The van der Waals surface area contributed by atoms with E-state index in [0.717, 1.165) is 12.8 Å². The number of nitrogens with one attached hydrogen (secondary N) is 1. The Bertz CT molecular complexity index is 413. The van der Waals surface area contributed by atoms with Crippen molar-refractivity contribution >= 4 is 5.96 Å². The summed E-state index contributed by atoms with van der Waals surface area (Å²) in [4.78, 5) is 8.27. The van der Waals surface area contributed by atoms with Crippen LogP contribution >= 0.6 is 0 Å². The first-order valence-electron chi connectivity index (χ1n) is 6.45. The molecule has 5 heteroatoms. The first-order valence-corrected chi connectivity index (χ1v) is 6.45. The number of rotatable bonds is 3. The summed E-state index contributed by atoms with van der Waals surface area (Å²) in [5.41, 5.74) is 6.38. The summed E-state index contributed by atoms with van der Waals surface area (Å²) in [7, 11) is 0. The SMILES string of the molecule is NC(=NCc1ncccc1O)NC1CCCCC1. The minimum absolute atomic E-state index is 0.159. The molecule has 0 aliphatic heterocycles. The molecule has 4 N–H and O–H groups in total. The first-order chi connectivity index (χ1) is 8.75. The van der Waals surface area contributed by atoms with Crippen molar-refractivity contribution in [1.82, 2.24) is 10.3 Å². The Morgan fingerprint density at radius 1 is 1.44 bits per heavy atom. The lowest BCUT2D eigenvalue weighted by Crippen LogP contribution is -2.41. The van der Waals surface area contributed by atoms with Gasteiger partial charge in [0, 0.05) is 12.2 Å². The monoisotopic (exact) mass is 248 g/mol. The number of nitrogens with zero attached hydrogens (tertiary/aromatic N) is 2. The average molecular weight is 248 g/mol. The molecule has 1 aromatic rings. The number of aromatic hydroxyl groups is 1. The van der Waals surface area contributed by atoms with Crippen molar-refractivity contribution in [2.24, 2.45) is 10.7 Å².